The topological polar surface area (TPSA) is 98.6 Å². The number of carboxylic acid groups (broad SMARTS) is 1. The summed E-state index contributed by atoms with van der Waals surface area (Å²) in [4.78, 5) is 15.4. The molecule has 2 heterocycles. The summed E-state index contributed by atoms with van der Waals surface area (Å²) in [5.74, 6) is -0.328. The first kappa shape index (κ1) is 18.7. The molecule has 0 saturated carbocycles. The molecule has 2 aromatic heterocycles. The molecular formula is C23H20N2O4. The molecule has 0 aliphatic carbocycles. The summed E-state index contributed by atoms with van der Waals surface area (Å²) in [5.41, 5.74) is 10.9. The number of para-hydroxylation sites is 1. The maximum absolute atomic E-state index is 11.1. The summed E-state index contributed by atoms with van der Waals surface area (Å²) >= 11 is 0. The molecule has 3 N–H and O–H groups in total. The van der Waals surface area contributed by atoms with Gasteiger partial charge in [-0.1, -0.05) is 18.2 Å². The maximum Gasteiger partial charge on any atom is 0.307 e. The molecule has 0 amide bonds. The molecule has 4 aromatic rings. The normalized spacial score (nSPS) is 10.9. The van der Waals surface area contributed by atoms with Crippen molar-refractivity contribution < 1.29 is 19.1 Å². The number of pyridine rings is 1. The van der Waals surface area contributed by atoms with Crippen LogP contribution in [0.25, 0.3) is 22.1 Å². The van der Waals surface area contributed by atoms with Crippen molar-refractivity contribution in [1.29, 1.82) is 0 Å². The van der Waals surface area contributed by atoms with Gasteiger partial charge in [-0.2, -0.15) is 0 Å². The van der Waals surface area contributed by atoms with Gasteiger partial charge < -0.3 is 20.0 Å². The Labute approximate surface area is 167 Å². The zero-order chi connectivity index (χ0) is 20.2. The number of carboxylic acids is 1. The molecule has 6 heteroatoms. The van der Waals surface area contributed by atoms with Gasteiger partial charge in [-0.05, 0) is 41.5 Å². The number of benzene rings is 2. The highest BCUT2D eigenvalue weighted by atomic mass is 16.5. The van der Waals surface area contributed by atoms with E-state index in [1.54, 1.807) is 36.9 Å². The zero-order valence-electron chi connectivity index (χ0n) is 15.7. The molecule has 0 radical (unpaired) electrons. The number of nitrogens with two attached hydrogens (primary N) is 1. The lowest BCUT2D eigenvalue weighted by atomic mass is 10.0. The van der Waals surface area contributed by atoms with Crippen molar-refractivity contribution in [1.82, 2.24) is 4.98 Å². The fourth-order valence-corrected chi connectivity index (χ4v) is 3.30. The molecule has 6 nitrogen and oxygen atoms in total. The van der Waals surface area contributed by atoms with Crippen molar-refractivity contribution in [2.24, 2.45) is 5.73 Å². The number of aromatic nitrogens is 1. The number of ether oxygens (including phenoxy) is 1. The standard InChI is InChI=1S/C23H20N2O4/c24-11-16-8-19(13-25-12-16)20-9-15(7-18-5-6-28-23(18)20)14-29-21-4-2-1-3-17(21)10-22(26)27/h1-9,12-13H,10-11,14,24H2,(H,26,27). The summed E-state index contributed by atoms with van der Waals surface area (Å²) in [6.45, 7) is 0.708. The Morgan fingerprint density at radius 2 is 1.97 bits per heavy atom. The number of hydrogen-bond donors (Lipinski definition) is 2. The van der Waals surface area contributed by atoms with Gasteiger partial charge in [0.05, 0.1) is 12.7 Å². The number of furan rings is 1. The first-order chi connectivity index (χ1) is 14.1. The van der Waals surface area contributed by atoms with E-state index in [0.29, 0.717) is 24.5 Å². The van der Waals surface area contributed by atoms with E-state index in [9.17, 15) is 4.79 Å². The van der Waals surface area contributed by atoms with Crippen LogP contribution in [0.5, 0.6) is 5.75 Å². The Balaban J connectivity index is 1.67. The highest BCUT2D eigenvalue weighted by Crippen LogP contribution is 2.32. The molecule has 2 aromatic carbocycles. The van der Waals surface area contributed by atoms with Crippen LogP contribution in [-0.2, 0) is 24.4 Å². The molecule has 0 fully saturated rings. The highest BCUT2D eigenvalue weighted by molar-refractivity contribution is 5.93. The quantitative estimate of drug-likeness (QED) is 0.493. The van der Waals surface area contributed by atoms with Crippen LogP contribution < -0.4 is 10.5 Å². The van der Waals surface area contributed by atoms with Crippen molar-refractivity contribution in [3.8, 4) is 16.9 Å². The summed E-state index contributed by atoms with van der Waals surface area (Å²) in [7, 11) is 0. The number of hydrogen-bond acceptors (Lipinski definition) is 5. The predicted octanol–water partition coefficient (Wildman–Crippen LogP) is 4.16. The van der Waals surface area contributed by atoms with E-state index in [1.807, 2.05) is 30.3 Å². The Kier molecular flexibility index (Phi) is 5.27. The van der Waals surface area contributed by atoms with Gasteiger partial charge in [-0.15, -0.1) is 0 Å². The first-order valence-corrected chi connectivity index (χ1v) is 9.21. The third-order valence-electron chi connectivity index (χ3n) is 4.66. The van der Waals surface area contributed by atoms with Gasteiger partial charge in [0.15, 0.2) is 0 Å². The molecule has 0 aliphatic rings. The van der Waals surface area contributed by atoms with Crippen LogP contribution in [0.2, 0.25) is 0 Å². The van der Waals surface area contributed by atoms with Crippen molar-refractivity contribution in [3.05, 3.63) is 83.9 Å². The predicted molar refractivity (Wildman–Crippen MR) is 109 cm³/mol. The van der Waals surface area contributed by atoms with Crippen LogP contribution >= 0.6 is 0 Å². The largest absolute Gasteiger partial charge is 0.489 e. The van der Waals surface area contributed by atoms with Crippen molar-refractivity contribution in [2.45, 2.75) is 19.6 Å². The fraction of sp³-hybridized carbons (Fsp3) is 0.130. The zero-order valence-corrected chi connectivity index (χ0v) is 15.7. The monoisotopic (exact) mass is 388 g/mol. The third-order valence-corrected chi connectivity index (χ3v) is 4.66. The van der Waals surface area contributed by atoms with Gasteiger partial charge >= 0.3 is 5.97 Å². The van der Waals surface area contributed by atoms with E-state index in [4.69, 9.17) is 20.0 Å². The van der Waals surface area contributed by atoms with Crippen LogP contribution in [0.1, 0.15) is 16.7 Å². The Hall–Kier alpha value is -3.64. The molecule has 0 bridgehead atoms. The molecule has 29 heavy (non-hydrogen) atoms. The Bertz CT molecular complexity index is 1170. The van der Waals surface area contributed by atoms with Crippen molar-refractivity contribution in [3.63, 3.8) is 0 Å². The summed E-state index contributed by atoms with van der Waals surface area (Å²) < 4.78 is 11.6. The number of carbonyl (C=O) groups is 1. The van der Waals surface area contributed by atoms with Gasteiger partial charge in [0.1, 0.15) is 17.9 Å². The lowest BCUT2D eigenvalue weighted by molar-refractivity contribution is -0.136. The molecular weight excluding hydrogens is 368 g/mol. The van der Waals surface area contributed by atoms with Crippen LogP contribution in [-0.4, -0.2) is 16.1 Å². The Morgan fingerprint density at radius 1 is 1.10 bits per heavy atom. The van der Waals surface area contributed by atoms with E-state index in [0.717, 1.165) is 33.2 Å². The second-order valence-corrected chi connectivity index (χ2v) is 6.74. The number of fused-ring (bicyclic) bond motifs is 1. The van der Waals surface area contributed by atoms with Crippen LogP contribution in [0.15, 0.2) is 71.6 Å². The molecule has 146 valence electrons. The van der Waals surface area contributed by atoms with Crippen LogP contribution in [0.4, 0.5) is 0 Å². The second kappa shape index (κ2) is 8.16. The van der Waals surface area contributed by atoms with E-state index >= 15 is 0 Å². The number of rotatable bonds is 7. The highest BCUT2D eigenvalue weighted by Gasteiger charge is 2.12. The minimum Gasteiger partial charge on any atom is -0.489 e. The van der Waals surface area contributed by atoms with Crippen LogP contribution in [0, 0.1) is 0 Å². The fourth-order valence-electron chi connectivity index (χ4n) is 3.30. The SMILES string of the molecule is NCc1cncc(-c2cc(COc3ccccc3CC(=O)O)cc3ccoc23)c1. The molecule has 0 spiro atoms. The van der Waals surface area contributed by atoms with E-state index in [2.05, 4.69) is 4.98 Å². The molecule has 4 rings (SSSR count). The van der Waals surface area contributed by atoms with E-state index in [-0.39, 0.29) is 6.42 Å². The summed E-state index contributed by atoms with van der Waals surface area (Å²) in [6.07, 6.45) is 5.10. The van der Waals surface area contributed by atoms with Crippen molar-refractivity contribution in [2.75, 3.05) is 0 Å². The van der Waals surface area contributed by atoms with Gasteiger partial charge in [0, 0.05) is 41.0 Å². The maximum atomic E-state index is 11.1. The van der Waals surface area contributed by atoms with Gasteiger partial charge in [-0.25, -0.2) is 0 Å². The lowest BCUT2D eigenvalue weighted by Crippen LogP contribution is -2.04. The third kappa shape index (κ3) is 4.12. The molecule has 0 aliphatic heterocycles. The minimum absolute atomic E-state index is 0.0836. The van der Waals surface area contributed by atoms with E-state index in [1.165, 1.54) is 0 Å². The minimum atomic E-state index is -0.893. The summed E-state index contributed by atoms with van der Waals surface area (Å²) in [6, 6.07) is 15.1. The molecule has 0 saturated heterocycles. The van der Waals surface area contributed by atoms with Gasteiger partial charge in [0.25, 0.3) is 0 Å². The first-order valence-electron chi connectivity index (χ1n) is 9.21. The number of nitrogens with zero attached hydrogens (tertiary/aromatic N) is 1. The Morgan fingerprint density at radius 3 is 2.79 bits per heavy atom. The second-order valence-electron chi connectivity index (χ2n) is 6.74. The smallest absolute Gasteiger partial charge is 0.307 e. The van der Waals surface area contributed by atoms with E-state index < -0.39 is 5.97 Å². The van der Waals surface area contributed by atoms with Crippen LogP contribution in [0.3, 0.4) is 0 Å². The average Bonchev–Trinajstić information content (AvgIpc) is 3.21. The van der Waals surface area contributed by atoms with Gasteiger partial charge in [-0.3, -0.25) is 9.78 Å². The lowest BCUT2D eigenvalue weighted by Gasteiger charge is -2.12. The van der Waals surface area contributed by atoms with Gasteiger partial charge in [0.2, 0.25) is 0 Å². The number of aliphatic carboxylic acids is 1. The summed E-state index contributed by atoms with van der Waals surface area (Å²) in [5, 5.41) is 10.1. The van der Waals surface area contributed by atoms with Crippen molar-refractivity contribution >= 4 is 16.9 Å². The molecule has 0 atom stereocenters. The average molecular weight is 388 g/mol. The molecule has 0 unspecified atom stereocenters.